The minimum atomic E-state index is -0.109. The first-order chi connectivity index (χ1) is 8.49. The van der Waals surface area contributed by atoms with Crippen molar-refractivity contribution < 1.29 is 9.59 Å². The number of rotatable bonds is 6. The molecule has 0 aromatic carbocycles. The molecule has 0 aliphatic heterocycles. The second-order valence-electron chi connectivity index (χ2n) is 3.98. The molecule has 0 bridgehead atoms. The van der Waals surface area contributed by atoms with Crippen molar-refractivity contribution in [3.05, 3.63) is 16.1 Å². The molecule has 0 radical (unpaired) electrons. The largest absolute Gasteiger partial charge is 0.355 e. The Morgan fingerprint density at radius 2 is 2.11 bits per heavy atom. The van der Waals surface area contributed by atoms with Gasteiger partial charge >= 0.3 is 0 Å². The summed E-state index contributed by atoms with van der Waals surface area (Å²) in [5.74, 6) is -0.216. The molecule has 18 heavy (non-hydrogen) atoms. The third-order valence-corrected chi connectivity index (χ3v) is 3.22. The Labute approximate surface area is 110 Å². The maximum atomic E-state index is 11.5. The molecule has 1 unspecified atom stereocenters. The normalized spacial score (nSPS) is 11.9. The van der Waals surface area contributed by atoms with Crippen molar-refractivity contribution >= 4 is 23.2 Å². The van der Waals surface area contributed by atoms with Crippen LogP contribution in [0.5, 0.6) is 0 Å². The summed E-state index contributed by atoms with van der Waals surface area (Å²) in [5, 5.41) is 7.97. The van der Waals surface area contributed by atoms with Crippen LogP contribution in [0.15, 0.2) is 5.38 Å². The highest BCUT2D eigenvalue weighted by molar-refractivity contribution is 7.09. The molecular formula is C11H18N4O2S. The first-order valence-electron chi connectivity index (χ1n) is 5.70. The van der Waals surface area contributed by atoms with Gasteiger partial charge in [-0.3, -0.25) is 9.59 Å². The highest BCUT2D eigenvalue weighted by atomic mass is 32.1. The average Bonchev–Trinajstić information content (AvgIpc) is 2.72. The summed E-state index contributed by atoms with van der Waals surface area (Å²) in [7, 11) is 0. The van der Waals surface area contributed by atoms with Gasteiger partial charge in [-0.2, -0.15) is 0 Å². The third-order valence-electron chi connectivity index (χ3n) is 2.12. The molecule has 0 saturated heterocycles. The molecule has 7 heteroatoms. The van der Waals surface area contributed by atoms with E-state index in [0.29, 0.717) is 13.1 Å². The highest BCUT2D eigenvalue weighted by Gasteiger charge is 2.09. The number of hydrogen-bond donors (Lipinski definition) is 3. The minimum absolute atomic E-state index is 0.105. The van der Waals surface area contributed by atoms with Gasteiger partial charge in [-0.15, -0.1) is 11.3 Å². The van der Waals surface area contributed by atoms with Crippen molar-refractivity contribution in [2.75, 3.05) is 13.1 Å². The van der Waals surface area contributed by atoms with E-state index >= 15 is 0 Å². The van der Waals surface area contributed by atoms with Gasteiger partial charge in [0.1, 0.15) is 5.01 Å². The number of carbonyl (C=O) groups is 2. The van der Waals surface area contributed by atoms with E-state index in [-0.39, 0.29) is 24.3 Å². The summed E-state index contributed by atoms with van der Waals surface area (Å²) in [6, 6.07) is -0.105. The van der Waals surface area contributed by atoms with E-state index in [2.05, 4.69) is 15.6 Å². The van der Waals surface area contributed by atoms with E-state index in [0.717, 1.165) is 10.7 Å². The molecule has 0 spiro atoms. The summed E-state index contributed by atoms with van der Waals surface area (Å²) in [5.41, 5.74) is 6.42. The van der Waals surface area contributed by atoms with Gasteiger partial charge in [0.2, 0.25) is 11.8 Å². The van der Waals surface area contributed by atoms with Gasteiger partial charge in [0.05, 0.1) is 18.2 Å². The average molecular weight is 270 g/mol. The molecule has 1 heterocycles. The Morgan fingerprint density at radius 3 is 2.67 bits per heavy atom. The molecule has 0 aliphatic rings. The van der Waals surface area contributed by atoms with E-state index in [1.165, 1.54) is 18.3 Å². The smallest absolute Gasteiger partial charge is 0.226 e. The summed E-state index contributed by atoms with van der Waals surface area (Å²) in [6.07, 6.45) is 0.239. The van der Waals surface area contributed by atoms with Gasteiger partial charge in [-0.25, -0.2) is 4.98 Å². The molecule has 0 fully saturated rings. The van der Waals surface area contributed by atoms with Crippen LogP contribution in [0.25, 0.3) is 0 Å². The number of nitrogens with zero attached hydrogens (tertiary/aromatic N) is 1. The van der Waals surface area contributed by atoms with Crippen LogP contribution in [0.3, 0.4) is 0 Å². The van der Waals surface area contributed by atoms with Crippen molar-refractivity contribution in [3.8, 4) is 0 Å². The summed E-state index contributed by atoms with van der Waals surface area (Å²) < 4.78 is 0. The lowest BCUT2D eigenvalue weighted by Crippen LogP contribution is -2.34. The number of amides is 2. The van der Waals surface area contributed by atoms with Gasteiger partial charge < -0.3 is 16.4 Å². The lowest BCUT2D eigenvalue weighted by molar-refractivity contribution is -0.121. The zero-order chi connectivity index (χ0) is 13.5. The van der Waals surface area contributed by atoms with Gasteiger partial charge in [0, 0.05) is 25.4 Å². The maximum Gasteiger partial charge on any atom is 0.226 e. The van der Waals surface area contributed by atoms with E-state index in [9.17, 15) is 9.59 Å². The molecule has 0 aliphatic carbocycles. The Morgan fingerprint density at radius 1 is 1.44 bits per heavy atom. The maximum absolute atomic E-state index is 11.5. The highest BCUT2D eigenvalue weighted by Crippen LogP contribution is 2.15. The first-order valence-corrected chi connectivity index (χ1v) is 6.58. The Hall–Kier alpha value is -1.47. The van der Waals surface area contributed by atoms with Crippen LogP contribution >= 0.6 is 11.3 Å². The van der Waals surface area contributed by atoms with Crippen molar-refractivity contribution in [2.24, 2.45) is 5.73 Å². The predicted molar refractivity (Wildman–Crippen MR) is 70.1 cm³/mol. The summed E-state index contributed by atoms with van der Waals surface area (Å²) in [4.78, 5) is 26.4. The number of aromatic nitrogens is 1. The lowest BCUT2D eigenvalue weighted by Gasteiger charge is -2.04. The molecular weight excluding hydrogens is 252 g/mol. The standard InChI is InChI=1S/C11H18N4O2S/c1-7(12)11-15-9(6-18-11)5-10(17)14-4-3-13-8(2)16/h6-7H,3-5,12H2,1-2H3,(H,13,16)(H,14,17). The van der Waals surface area contributed by atoms with Crippen molar-refractivity contribution in [1.82, 2.24) is 15.6 Å². The zero-order valence-corrected chi connectivity index (χ0v) is 11.3. The van der Waals surface area contributed by atoms with Crippen LogP contribution in [0.4, 0.5) is 0 Å². The van der Waals surface area contributed by atoms with E-state index in [4.69, 9.17) is 5.73 Å². The summed E-state index contributed by atoms with van der Waals surface area (Å²) >= 11 is 1.46. The second-order valence-corrected chi connectivity index (χ2v) is 4.87. The fourth-order valence-electron chi connectivity index (χ4n) is 1.28. The SMILES string of the molecule is CC(=O)NCCNC(=O)Cc1csc(C(C)N)n1. The fourth-order valence-corrected chi connectivity index (χ4v) is 2.06. The van der Waals surface area contributed by atoms with E-state index in [1.54, 1.807) is 0 Å². The fraction of sp³-hybridized carbons (Fsp3) is 0.545. The molecule has 1 rings (SSSR count). The zero-order valence-electron chi connectivity index (χ0n) is 10.5. The molecule has 6 nitrogen and oxygen atoms in total. The van der Waals surface area contributed by atoms with Gasteiger partial charge in [0.25, 0.3) is 0 Å². The van der Waals surface area contributed by atoms with Crippen LogP contribution in [0.1, 0.15) is 30.6 Å². The number of nitrogens with one attached hydrogen (secondary N) is 2. The van der Waals surface area contributed by atoms with E-state index in [1.807, 2.05) is 12.3 Å². The molecule has 1 aromatic rings. The third kappa shape index (κ3) is 5.24. The topological polar surface area (TPSA) is 97.1 Å². The minimum Gasteiger partial charge on any atom is -0.355 e. The quantitative estimate of drug-likeness (QED) is 0.632. The van der Waals surface area contributed by atoms with Crippen LogP contribution in [-0.4, -0.2) is 29.9 Å². The number of nitrogens with two attached hydrogens (primary N) is 1. The number of thiazole rings is 1. The predicted octanol–water partition coefficient (Wildman–Crippen LogP) is -0.0424. The molecule has 100 valence electrons. The van der Waals surface area contributed by atoms with Gasteiger partial charge in [-0.05, 0) is 6.92 Å². The van der Waals surface area contributed by atoms with Crippen molar-refractivity contribution in [2.45, 2.75) is 26.3 Å². The Balaban J connectivity index is 2.28. The molecule has 1 aromatic heterocycles. The molecule has 4 N–H and O–H groups in total. The summed E-state index contributed by atoms with van der Waals surface area (Å²) in [6.45, 7) is 4.15. The number of carbonyl (C=O) groups excluding carboxylic acids is 2. The molecule has 2 amide bonds. The van der Waals surface area contributed by atoms with Gasteiger partial charge in [-0.1, -0.05) is 0 Å². The molecule has 1 atom stereocenters. The molecule has 0 saturated carbocycles. The second kappa shape index (κ2) is 7.07. The monoisotopic (exact) mass is 270 g/mol. The number of hydrogen-bond acceptors (Lipinski definition) is 5. The van der Waals surface area contributed by atoms with E-state index < -0.39 is 0 Å². The Kier molecular flexibility index (Phi) is 5.73. The van der Waals surface area contributed by atoms with Crippen LogP contribution in [0.2, 0.25) is 0 Å². The van der Waals surface area contributed by atoms with Crippen LogP contribution in [-0.2, 0) is 16.0 Å². The van der Waals surface area contributed by atoms with Crippen molar-refractivity contribution in [3.63, 3.8) is 0 Å². The van der Waals surface area contributed by atoms with Crippen LogP contribution < -0.4 is 16.4 Å². The lowest BCUT2D eigenvalue weighted by atomic mass is 10.3. The van der Waals surface area contributed by atoms with Crippen molar-refractivity contribution in [1.29, 1.82) is 0 Å². The van der Waals surface area contributed by atoms with Gasteiger partial charge in [0.15, 0.2) is 0 Å². The van der Waals surface area contributed by atoms with Crippen LogP contribution in [0, 0.1) is 0 Å². The Bertz CT molecular complexity index is 417. The first kappa shape index (κ1) is 14.6.